The Morgan fingerprint density at radius 1 is 1.12 bits per heavy atom. The smallest absolute Gasteiger partial charge is 0.247 e. The molecule has 0 bridgehead atoms. The maximum absolute atomic E-state index is 11.1. The Hall–Kier alpha value is -3.35. The van der Waals surface area contributed by atoms with E-state index in [2.05, 4.69) is 20.8 Å². The summed E-state index contributed by atoms with van der Waals surface area (Å²) < 4.78 is 10.9. The van der Waals surface area contributed by atoms with Crippen molar-refractivity contribution in [1.82, 2.24) is 10.2 Å². The van der Waals surface area contributed by atoms with Crippen molar-refractivity contribution in [2.45, 2.75) is 13.5 Å². The molecule has 1 heterocycles. The van der Waals surface area contributed by atoms with Crippen molar-refractivity contribution >= 4 is 17.3 Å². The van der Waals surface area contributed by atoms with Crippen LogP contribution in [0.2, 0.25) is 0 Å². The van der Waals surface area contributed by atoms with E-state index in [0.717, 1.165) is 22.7 Å². The van der Waals surface area contributed by atoms with Gasteiger partial charge in [0, 0.05) is 23.9 Å². The lowest BCUT2D eigenvalue weighted by atomic mass is 10.2. The minimum atomic E-state index is -0.114. The van der Waals surface area contributed by atoms with Crippen LogP contribution in [-0.2, 0) is 11.3 Å². The van der Waals surface area contributed by atoms with Gasteiger partial charge in [0.1, 0.15) is 5.75 Å². The number of anilines is 2. The van der Waals surface area contributed by atoms with Crippen LogP contribution >= 0.6 is 0 Å². The van der Waals surface area contributed by atoms with Crippen molar-refractivity contribution < 1.29 is 13.9 Å². The van der Waals surface area contributed by atoms with Crippen LogP contribution in [0.15, 0.2) is 52.9 Å². The number of benzene rings is 2. The van der Waals surface area contributed by atoms with Gasteiger partial charge in [0.15, 0.2) is 0 Å². The first-order valence-electron chi connectivity index (χ1n) is 7.72. The number of hydrogen-bond acceptors (Lipinski definition) is 6. The number of ether oxygens (including phenoxy) is 1. The van der Waals surface area contributed by atoms with Crippen molar-refractivity contribution in [3.05, 3.63) is 54.4 Å². The topological polar surface area (TPSA) is 89.3 Å². The van der Waals surface area contributed by atoms with Crippen molar-refractivity contribution in [2.24, 2.45) is 0 Å². The van der Waals surface area contributed by atoms with Crippen LogP contribution in [0.25, 0.3) is 11.5 Å². The van der Waals surface area contributed by atoms with E-state index in [1.165, 1.54) is 6.92 Å². The largest absolute Gasteiger partial charge is 0.497 e. The second kappa shape index (κ2) is 7.48. The molecule has 0 aliphatic carbocycles. The van der Waals surface area contributed by atoms with Crippen molar-refractivity contribution in [3.8, 4) is 17.2 Å². The fourth-order valence-electron chi connectivity index (χ4n) is 2.29. The quantitative estimate of drug-likeness (QED) is 0.717. The molecule has 0 saturated heterocycles. The number of rotatable bonds is 6. The van der Waals surface area contributed by atoms with Crippen LogP contribution in [0.1, 0.15) is 12.8 Å². The highest BCUT2D eigenvalue weighted by atomic mass is 16.5. The third-order valence-corrected chi connectivity index (χ3v) is 3.41. The van der Waals surface area contributed by atoms with E-state index >= 15 is 0 Å². The predicted molar refractivity (Wildman–Crippen MR) is 94.4 cm³/mol. The van der Waals surface area contributed by atoms with Crippen LogP contribution in [0.3, 0.4) is 0 Å². The predicted octanol–water partition coefficient (Wildman–Crippen LogP) is 3.32. The van der Waals surface area contributed by atoms with Crippen molar-refractivity contribution in [3.63, 3.8) is 0 Å². The summed E-state index contributed by atoms with van der Waals surface area (Å²) in [6.45, 7) is 1.85. The molecule has 2 aromatic carbocycles. The highest BCUT2D eigenvalue weighted by Crippen LogP contribution is 2.23. The molecule has 1 aromatic heterocycles. The van der Waals surface area contributed by atoms with Crippen LogP contribution in [0.5, 0.6) is 5.75 Å². The first-order chi connectivity index (χ1) is 12.1. The zero-order valence-electron chi connectivity index (χ0n) is 13.9. The number of amides is 1. The molecular weight excluding hydrogens is 320 g/mol. The number of carbonyl (C=O) groups excluding carboxylic acids is 1. The van der Waals surface area contributed by atoms with Crippen LogP contribution in [0, 0.1) is 0 Å². The maximum Gasteiger partial charge on any atom is 0.247 e. The van der Waals surface area contributed by atoms with Gasteiger partial charge in [0.2, 0.25) is 17.7 Å². The molecule has 0 atom stereocenters. The molecule has 2 N–H and O–H groups in total. The Labute approximate surface area is 145 Å². The zero-order valence-corrected chi connectivity index (χ0v) is 13.9. The fraction of sp³-hybridized carbons (Fsp3) is 0.167. The Morgan fingerprint density at radius 2 is 1.92 bits per heavy atom. The van der Waals surface area contributed by atoms with Gasteiger partial charge in [-0.05, 0) is 36.4 Å². The lowest BCUT2D eigenvalue weighted by molar-refractivity contribution is -0.114. The average Bonchev–Trinajstić information content (AvgIpc) is 3.09. The van der Waals surface area contributed by atoms with E-state index in [1.807, 2.05) is 48.5 Å². The summed E-state index contributed by atoms with van der Waals surface area (Å²) in [5.41, 5.74) is 2.36. The molecule has 3 aromatic rings. The summed E-state index contributed by atoms with van der Waals surface area (Å²) in [5.74, 6) is 1.51. The fourth-order valence-corrected chi connectivity index (χ4v) is 2.29. The number of methoxy groups -OCH3 is 1. The van der Waals surface area contributed by atoms with Gasteiger partial charge in [-0.1, -0.05) is 12.1 Å². The summed E-state index contributed by atoms with van der Waals surface area (Å²) in [5, 5.41) is 14.0. The lowest BCUT2D eigenvalue weighted by Gasteiger charge is -2.06. The molecule has 128 valence electrons. The number of nitrogens with zero attached hydrogens (tertiary/aromatic N) is 2. The van der Waals surface area contributed by atoms with Gasteiger partial charge in [-0.3, -0.25) is 4.79 Å². The molecule has 0 radical (unpaired) electrons. The van der Waals surface area contributed by atoms with Gasteiger partial charge >= 0.3 is 0 Å². The third kappa shape index (κ3) is 4.35. The minimum Gasteiger partial charge on any atom is -0.497 e. The highest BCUT2D eigenvalue weighted by molar-refractivity contribution is 5.89. The maximum atomic E-state index is 11.1. The molecular formula is C18H18N4O3. The molecule has 0 saturated carbocycles. The Balaban J connectivity index is 1.66. The molecule has 0 aliphatic rings. The van der Waals surface area contributed by atoms with E-state index in [4.69, 9.17) is 9.15 Å². The Bertz CT molecular complexity index is 876. The van der Waals surface area contributed by atoms with Crippen LogP contribution in [0.4, 0.5) is 11.4 Å². The molecule has 7 heteroatoms. The average molecular weight is 338 g/mol. The first kappa shape index (κ1) is 16.5. The number of hydrogen-bond donors (Lipinski definition) is 2. The van der Waals surface area contributed by atoms with Gasteiger partial charge < -0.3 is 19.8 Å². The Kier molecular flexibility index (Phi) is 4.94. The van der Waals surface area contributed by atoms with E-state index in [1.54, 1.807) is 7.11 Å². The minimum absolute atomic E-state index is 0.114. The van der Waals surface area contributed by atoms with Gasteiger partial charge in [-0.25, -0.2) is 0 Å². The normalized spacial score (nSPS) is 10.3. The SMILES string of the molecule is COc1cccc(-c2nnc(CNc3cccc(NC(C)=O)c3)o2)c1. The van der Waals surface area contributed by atoms with Crippen LogP contribution in [-0.4, -0.2) is 23.2 Å². The summed E-state index contributed by atoms with van der Waals surface area (Å²) in [6, 6.07) is 14.8. The van der Waals surface area contributed by atoms with E-state index < -0.39 is 0 Å². The van der Waals surface area contributed by atoms with E-state index in [-0.39, 0.29) is 5.91 Å². The molecule has 0 fully saturated rings. The van der Waals surface area contributed by atoms with Crippen molar-refractivity contribution in [1.29, 1.82) is 0 Å². The second-order valence-electron chi connectivity index (χ2n) is 5.35. The first-order valence-corrected chi connectivity index (χ1v) is 7.72. The standard InChI is InChI=1S/C18H18N4O3/c1-12(23)20-15-7-4-6-14(10-15)19-11-17-21-22-18(25-17)13-5-3-8-16(9-13)24-2/h3-10,19H,11H2,1-2H3,(H,20,23). The molecule has 7 nitrogen and oxygen atoms in total. The highest BCUT2D eigenvalue weighted by Gasteiger charge is 2.09. The molecule has 0 unspecified atom stereocenters. The number of carbonyl (C=O) groups is 1. The summed E-state index contributed by atoms with van der Waals surface area (Å²) in [7, 11) is 1.61. The molecule has 3 rings (SSSR count). The zero-order chi connectivity index (χ0) is 17.6. The number of aromatic nitrogens is 2. The molecule has 1 amide bonds. The van der Waals surface area contributed by atoms with Gasteiger partial charge in [0.05, 0.1) is 13.7 Å². The summed E-state index contributed by atoms with van der Waals surface area (Å²) >= 11 is 0. The van der Waals surface area contributed by atoms with Gasteiger partial charge in [0.25, 0.3) is 0 Å². The second-order valence-corrected chi connectivity index (χ2v) is 5.35. The Morgan fingerprint density at radius 3 is 2.72 bits per heavy atom. The van der Waals surface area contributed by atoms with Crippen molar-refractivity contribution in [2.75, 3.05) is 17.7 Å². The third-order valence-electron chi connectivity index (χ3n) is 3.41. The number of nitrogens with one attached hydrogen (secondary N) is 2. The molecule has 0 spiro atoms. The van der Waals surface area contributed by atoms with Gasteiger partial charge in [-0.15, -0.1) is 10.2 Å². The van der Waals surface area contributed by atoms with Gasteiger partial charge in [-0.2, -0.15) is 0 Å². The molecule has 0 aliphatic heterocycles. The summed E-state index contributed by atoms with van der Waals surface area (Å²) in [6.07, 6.45) is 0. The van der Waals surface area contributed by atoms with E-state index in [9.17, 15) is 4.79 Å². The molecule has 25 heavy (non-hydrogen) atoms. The lowest BCUT2D eigenvalue weighted by Crippen LogP contribution is -2.06. The van der Waals surface area contributed by atoms with Crippen LogP contribution < -0.4 is 15.4 Å². The summed E-state index contributed by atoms with van der Waals surface area (Å²) in [4.78, 5) is 11.1. The van der Waals surface area contributed by atoms with E-state index in [0.29, 0.717) is 18.3 Å². The monoisotopic (exact) mass is 338 g/mol.